The summed E-state index contributed by atoms with van der Waals surface area (Å²) in [7, 11) is 6.12. The summed E-state index contributed by atoms with van der Waals surface area (Å²) < 4.78 is 47.9. The molecule has 2 heterocycles. The van der Waals surface area contributed by atoms with Gasteiger partial charge in [0.15, 0.2) is 12.3 Å². The topological polar surface area (TPSA) is 135 Å². The fraction of sp³-hybridized carbons (Fsp3) is 0.425. The van der Waals surface area contributed by atoms with Crippen molar-refractivity contribution >= 4 is 25.9 Å². The van der Waals surface area contributed by atoms with Crippen LogP contribution in [0.3, 0.4) is 0 Å². The Labute approximate surface area is 334 Å². The second-order valence-electron chi connectivity index (χ2n) is 13.5. The molecule has 4 aromatic rings. The smallest absolute Gasteiger partial charge is 0.330 e. The van der Waals surface area contributed by atoms with Crippen LogP contribution >= 0.6 is 20.7 Å². The lowest BCUT2D eigenvalue weighted by Gasteiger charge is -2.39. The molecule has 302 valence electrons. The highest BCUT2D eigenvalue weighted by atomic mass is 32.1. The summed E-state index contributed by atoms with van der Waals surface area (Å²) in [6.07, 6.45) is -2.71. The largest absolute Gasteiger partial charge is 0.497 e. The molecule has 0 bridgehead atoms. The lowest BCUT2D eigenvalue weighted by molar-refractivity contribution is -0.0973. The number of hydrogen-bond donors (Lipinski definition) is 1. The van der Waals surface area contributed by atoms with E-state index < -0.39 is 49.9 Å². The first kappa shape index (κ1) is 43.0. The standard InChI is InChI=1S/C40H51N4O10PS/c1-26(2)44(27(3)4)55(50-9)54-35-33(52-37(36(35)53-39(56)42(5)49-8)43-24-23-34(45)41-38(43)46)25-51-40(28-13-11-10-12-14-28,29-15-19-31(47-6)20-16-29)30-17-21-32(48-7)22-18-30/h10-24,26-27,33,35-37H,25H2,1-9H3,(H,41,45,46)/t33-,35-,36-,37-,55?/m1/s1. The van der Waals surface area contributed by atoms with Gasteiger partial charge in [-0.2, -0.15) is 0 Å². The van der Waals surface area contributed by atoms with Crippen molar-refractivity contribution in [1.82, 2.24) is 19.3 Å². The molecule has 3 aromatic carbocycles. The summed E-state index contributed by atoms with van der Waals surface area (Å²) in [5, 5.41) is 1.23. The van der Waals surface area contributed by atoms with Crippen molar-refractivity contribution in [2.45, 2.75) is 69.9 Å². The van der Waals surface area contributed by atoms with Gasteiger partial charge in [0.2, 0.25) is 0 Å². The Morgan fingerprint density at radius 3 is 1.88 bits per heavy atom. The van der Waals surface area contributed by atoms with Gasteiger partial charge >= 0.3 is 5.69 Å². The van der Waals surface area contributed by atoms with E-state index in [9.17, 15) is 9.59 Å². The van der Waals surface area contributed by atoms with E-state index in [1.807, 2.05) is 78.9 Å². The van der Waals surface area contributed by atoms with E-state index in [4.69, 9.17) is 49.8 Å². The minimum atomic E-state index is -1.73. The molecule has 0 amide bonds. The molecule has 0 aliphatic carbocycles. The minimum absolute atomic E-state index is 0.0339. The third kappa shape index (κ3) is 9.33. The van der Waals surface area contributed by atoms with Gasteiger partial charge in [0.05, 0.1) is 27.9 Å². The maximum Gasteiger partial charge on any atom is 0.330 e. The number of aromatic nitrogens is 2. The van der Waals surface area contributed by atoms with Crippen LogP contribution in [0.15, 0.2) is 101 Å². The van der Waals surface area contributed by atoms with Crippen LogP contribution in [0.4, 0.5) is 0 Å². The van der Waals surface area contributed by atoms with Gasteiger partial charge in [-0.3, -0.25) is 19.2 Å². The highest BCUT2D eigenvalue weighted by Gasteiger charge is 2.52. The maximum atomic E-state index is 13.4. The van der Waals surface area contributed by atoms with Crippen molar-refractivity contribution < 1.29 is 37.6 Å². The number of methoxy groups -OCH3 is 2. The van der Waals surface area contributed by atoms with E-state index in [2.05, 4.69) is 37.3 Å². The monoisotopic (exact) mass is 810 g/mol. The third-order valence-corrected chi connectivity index (χ3v) is 11.8. The molecule has 1 aliphatic rings. The van der Waals surface area contributed by atoms with Gasteiger partial charge in [0.1, 0.15) is 29.3 Å². The summed E-state index contributed by atoms with van der Waals surface area (Å²) in [4.78, 5) is 33.2. The second-order valence-corrected chi connectivity index (χ2v) is 15.3. The fourth-order valence-electron chi connectivity index (χ4n) is 6.76. The molecule has 1 unspecified atom stereocenters. The molecule has 16 heteroatoms. The molecule has 0 saturated carbocycles. The van der Waals surface area contributed by atoms with Gasteiger partial charge in [-0.25, -0.2) is 14.5 Å². The lowest BCUT2D eigenvalue weighted by Crippen LogP contribution is -2.45. The molecule has 1 aromatic heterocycles. The molecule has 1 aliphatic heterocycles. The molecule has 1 N–H and O–H groups in total. The first-order valence-electron chi connectivity index (χ1n) is 18.1. The maximum absolute atomic E-state index is 13.4. The van der Waals surface area contributed by atoms with Crippen molar-refractivity contribution in [1.29, 1.82) is 0 Å². The fourth-order valence-corrected chi connectivity index (χ4v) is 8.55. The summed E-state index contributed by atoms with van der Waals surface area (Å²) >= 11 is 5.63. The average Bonchev–Trinajstić information content (AvgIpc) is 3.53. The number of nitrogens with one attached hydrogen (secondary N) is 1. The van der Waals surface area contributed by atoms with Crippen LogP contribution in [0.1, 0.15) is 50.6 Å². The summed E-state index contributed by atoms with van der Waals surface area (Å²) in [5.74, 6) is 1.36. The molecule has 0 spiro atoms. The number of H-pyrrole nitrogens is 1. The van der Waals surface area contributed by atoms with E-state index in [1.54, 1.807) is 28.4 Å². The molecular formula is C40H51N4O10PS. The van der Waals surface area contributed by atoms with Crippen LogP contribution in [-0.4, -0.2) is 96.9 Å². The molecule has 5 atom stereocenters. The van der Waals surface area contributed by atoms with Crippen molar-refractivity contribution in [3.8, 4) is 11.5 Å². The summed E-state index contributed by atoms with van der Waals surface area (Å²) in [5.41, 5.74) is -0.0463. The van der Waals surface area contributed by atoms with Crippen molar-refractivity contribution in [2.75, 3.05) is 42.1 Å². The molecule has 5 rings (SSSR count). The Morgan fingerprint density at radius 1 is 0.839 bits per heavy atom. The van der Waals surface area contributed by atoms with E-state index >= 15 is 0 Å². The quantitative estimate of drug-likeness (QED) is 0.0579. The molecule has 0 radical (unpaired) electrons. The zero-order chi connectivity index (χ0) is 40.6. The Bertz CT molecular complexity index is 1920. The van der Waals surface area contributed by atoms with Crippen LogP contribution < -0.4 is 20.7 Å². The third-order valence-electron chi connectivity index (χ3n) is 9.43. The van der Waals surface area contributed by atoms with E-state index in [0.717, 1.165) is 16.7 Å². The normalized spacial score (nSPS) is 19.0. The number of hydrogen-bond acceptors (Lipinski definition) is 12. The van der Waals surface area contributed by atoms with Crippen LogP contribution in [-0.2, 0) is 33.7 Å². The van der Waals surface area contributed by atoms with Crippen LogP contribution in [0.2, 0.25) is 0 Å². The van der Waals surface area contributed by atoms with Crippen molar-refractivity contribution in [3.05, 3.63) is 129 Å². The predicted octanol–water partition coefficient (Wildman–Crippen LogP) is 6.00. The highest BCUT2D eigenvalue weighted by molar-refractivity contribution is 7.79. The number of hydroxylamine groups is 2. The lowest BCUT2D eigenvalue weighted by atomic mass is 9.80. The Hall–Kier alpha value is -4.18. The summed E-state index contributed by atoms with van der Waals surface area (Å²) in [6.45, 7) is 8.14. The first-order valence-corrected chi connectivity index (χ1v) is 19.6. The number of nitrogens with zero attached hydrogens (tertiary/aromatic N) is 3. The van der Waals surface area contributed by atoms with Crippen LogP contribution in [0.25, 0.3) is 0 Å². The van der Waals surface area contributed by atoms with Crippen molar-refractivity contribution in [3.63, 3.8) is 0 Å². The van der Waals surface area contributed by atoms with Gasteiger partial charge < -0.3 is 32.7 Å². The van der Waals surface area contributed by atoms with Gasteiger partial charge in [0, 0.05) is 38.5 Å². The SMILES string of the molecule is COc1ccc(C(OC[C@H]2O[C@@H](n3ccc(=O)[nH]c3=O)[C@H](OC(=S)N(C)OC)[C@@H]2OP(OC)N(C(C)C)C(C)C)(c2ccccc2)c2ccc(OC)cc2)cc1. The van der Waals surface area contributed by atoms with Gasteiger partial charge in [0.25, 0.3) is 19.3 Å². The second kappa shape index (κ2) is 19.3. The van der Waals surface area contributed by atoms with Gasteiger partial charge in [-0.15, -0.1) is 0 Å². The zero-order valence-electron chi connectivity index (χ0n) is 33.1. The zero-order valence-corrected chi connectivity index (χ0v) is 34.8. The van der Waals surface area contributed by atoms with Crippen LogP contribution in [0, 0.1) is 0 Å². The number of thiocarbonyl (C=S) groups is 1. The number of ether oxygens (including phenoxy) is 5. The first-order chi connectivity index (χ1) is 26.9. The number of benzene rings is 3. The Balaban J connectivity index is 1.69. The van der Waals surface area contributed by atoms with E-state index in [0.29, 0.717) is 11.5 Å². The number of aromatic amines is 1. The molecule has 1 fully saturated rings. The number of rotatable bonds is 17. The molecular weight excluding hydrogens is 759 g/mol. The van der Waals surface area contributed by atoms with E-state index in [-0.39, 0.29) is 23.9 Å². The highest BCUT2D eigenvalue weighted by Crippen LogP contribution is 2.50. The molecule has 1 saturated heterocycles. The molecule has 56 heavy (non-hydrogen) atoms. The summed E-state index contributed by atoms with van der Waals surface area (Å²) in [6, 6.07) is 26.5. The molecule has 14 nitrogen and oxygen atoms in total. The predicted molar refractivity (Wildman–Crippen MR) is 217 cm³/mol. The van der Waals surface area contributed by atoms with Crippen LogP contribution in [0.5, 0.6) is 11.5 Å². The Kier molecular flexibility index (Phi) is 14.8. The minimum Gasteiger partial charge on any atom is -0.497 e. The van der Waals surface area contributed by atoms with Crippen molar-refractivity contribution in [2.24, 2.45) is 0 Å². The van der Waals surface area contributed by atoms with E-state index in [1.165, 1.54) is 29.0 Å². The Morgan fingerprint density at radius 2 is 1.39 bits per heavy atom. The average molecular weight is 811 g/mol. The van der Waals surface area contributed by atoms with Gasteiger partial charge in [-0.05, 0) is 80.9 Å². The van der Waals surface area contributed by atoms with Gasteiger partial charge in [-0.1, -0.05) is 54.6 Å².